The van der Waals surface area contributed by atoms with Crippen LogP contribution in [0.4, 0.5) is 0 Å². The van der Waals surface area contributed by atoms with Crippen LogP contribution < -0.4 is 5.32 Å². The van der Waals surface area contributed by atoms with Crippen LogP contribution >= 0.6 is 0 Å². The second kappa shape index (κ2) is 7.24. The average Bonchev–Trinajstić information content (AvgIpc) is 2.48. The topological polar surface area (TPSA) is 99.1 Å². The van der Waals surface area contributed by atoms with Gasteiger partial charge in [0.25, 0.3) is 5.91 Å². The minimum Gasteiger partial charge on any atom is -0.508 e. The molecule has 0 aromatic heterocycles. The minimum atomic E-state index is -0.972. The first-order valence-electron chi connectivity index (χ1n) is 7.13. The summed E-state index contributed by atoms with van der Waals surface area (Å²) in [5.41, 5.74) is 0.371. The number of hydrogen-bond donors (Lipinski definition) is 3. The number of carboxylic acid groups (broad SMARTS) is 1. The smallest absolute Gasteiger partial charge is 0.323 e. The molecule has 0 aliphatic carbocycles. The molecule has 1 aromatic carbocycles. The predicted octanol–water partition coefficient (Wildman–Crippen LogP) is 0.296. The van der Waals surface area contributed by atoms with E-state index in [1.807, 2.05) is 0 Å². The molecule has 1 aliphatic rings. The highest BCUT2D eigenvalue weighted by Gasteiger charge is 2.33. The molecule has 1 aromatic rings. The highest BCUT2D eigenvalue weighted by atomic mass is 16.5. The van der Waals surface area contributed by atoms with Crippen molar-refractivity contribution in [3.8, 4) is 5.75 Å². The van der Waals surface area contributed by atoms with E-state index < -0.39 is 18.1 Å². The molecule has 22 heavy (non-hydrogen) atoms. The molecule has 1 amide bonds. The molecular formula is C15H20N2O5. The number of amides is 1. The number of morpholine rings is 1. The van der Waals surface area contributed by atoms with E-state index in [-0.39, 0.29) is 11.7 Å². The maximum atomic E-state index is 12.1. The first-order chi connectivity index (χ1) is 10.5. The second-order valence-corrected chi connectivity index (χ2v) is 5.24. The van der Waals surface area contributed by atoms with Crippen molar-refractivity contribution in [2.75, 3.05) is 26.3 Å². The largest absolute Gasteiger partial charge is 0.508 e. The third kappa shape index (κ3) is 3.96. The Kier molecular flexibility index (Phi) is 5.35. The van der Waals surface area contributed by atoms with E-state index in [9.17, 15) is 19.8 Å². The molecule has 7 heteroatoms. The number of phenolic OH excluding ortho intramolecular Hbond substituents is 1. The lowest BCUT2D eigenvalue weighted by molar-refractivity contribution is -0.146. The Hall–Kier alpha value is -2.12. The molecule has 2 rings (SSSR count). The average molecular weight is 308 g/mol. The quantitative estimate of drug-likeness (QED) is 0.723. The highest BCUT2D eigenvalue weighted by Crippen LogP contribution is 2.12. The summed E-state index contributed by atoms with van der Waals surface area (Å²) in [6.45, 7) is 3.70. The summed E-state index contributed by atoms with van der Waals surface area (Å²) in [5, 5.41) is 21.4. The third-order valence-electron chi connectivity index (χ3n) is 3.65. The molecule has 1 fully saturated rings. The lowest BCUT2D eigenvalue weighted by Gasteiger charge is -2.35. The number of hydrogen-bond acceptors (Lipinski definition) is 5. The summed E-state index contributed by atoms with van der Waals surface area (Å²) in [5.74, 6) is -1.27. The molecule has 120 valence electrons. The molecule has 0 radical (unpaired) electrons. The van der Waals surface area contributed by atoms with E-state index in [1.54, 1.807) is 11.8 Å². The Morgan fingerprint density at radius 3 is 2.36 bits per heavy atom. The first-order valence-corrected chi connectivity index (χ1v) is 7.13. The SMILES string of the molecule is CC(NC(=O)c1ccc(O)cc1)C(C(=O)O)N1CCOCC1. The van der Waals surface area contributed by atoms with Crippen molar-refractivity contribution in [3.05, 3.63) is 29.8 Å². The first kappa shape index (κ1) is 16.3. The van der Waals surface area contributed by atoms with Gasteiger partial charge in [0.2, 0.25) is 0 Å². The lowest BCUT2D eigenvalue weighted by Crippen LogP contribution is -2.57. The molecule has 2 unspecified atom stereocenters. The Morgan fingerprint density at radius 1 is 1.23 bits per heavy atom. The fourth-order valence-corrected chi connectivity index (χ4v) is 2.52. The number of benzene rings is 1. The van der Waals surface area contributed by atoms with Gasteiger partial charge in [-0.1, -0.05) is 0 Å². The van der Waals surface area contributed by atoms with Crippen LogP contribution in [-0.2, 0) is 9.53 Å². The van der Waals surface area contributed by atoms with Crippen molar-refractivity contribution in [2.45, 2.75) is 19.0 Å². The van der Waals surface area contributed by atoms with E-state index >= 15 is 0 Å². The van der Waals surface area contributed by atoms with Crippen LogP contribution in [0.2, 0.25) is 0 Å². The number of carbonyl (C=O) groups is 2. The van der Waals surface area contributed by atoms with Crippen LogP contribution in [0, 0.1) is 0 Å². The summed E-state index contributed by atoms with van der Waals surface area (Å²) >= 11 is 0. The number of nitrogens with zero attached hydrogens (tertiary/aromatic N) is 1. The Bertz CT molecular complexity index is 525. The Morgan fingerprint density at radius 2 is 1.82 bits per heavy atom. The minimum absolute atomic E-state index is 0.0707. The fourth-order valence-electron chi connectivity index (χ4n) is 2.52. The number of nitrogens with one attached hydrogen (secondary N) is 1. The number of phenols is 1. The van der Waals surface area contributed by atoms with E-state index in [1.165, 1.54) is 24.3 Å². The Labute approximate surface area is 128 Å². The number of carbonyl (C=O) groups excluding carboxylic acids is 1. The summed E-state index contributed by atoms with van der Waals surface area (Å²) in [6.07, 6.45) is 0. The molecule has 7 nitrogen and oxygen atoms in total. The van der Waals surface area contributed by atoms with Gasteiger partial charge in [0, 0.05) is 18.7 Å². The van der Waals surface area contributed by atoms with Gasteiger partial charge < -0.3 is 20.3 Å². The molecule has 0 spiro atoms. The highest BCUT2D eigenvalue weighted by molar-refractivity contribution is 5.94. The van der Waals surface area contributed by atoms with Crippen molar-refractivity contribution < 1.29 is 24.5 Å². The van der Waals surface area contributed by atoms with Crippen molar-refractivity contribution >= 4 is 11.9 Å². The normalized spacial score (nSPS) is 18.4. The van der Waals surface area contributed by atoms with Gasteiger partial charge in [-0.05, 0) is 31.2 Å². The number of aliphatic carboxylic acids is 1. The van der Waals surface area contributed by atoms with Crippen LogP contribution in [0.25, 0.3) is 0 Å². The summed E-state index contributed by atoms with van der Waals surface area (Å²) < 4.78 is 5.23. The number of aromatic hydroxyl groups is 1. The van der Waals surface area contributed by atoms with Gasteiger partial charge in [0.05, 0.1) is 19.3 Å². The summed E-state index contributed by atoms with van der Waals surface area (Å²) in [6, 6.07) is 4.44. The Balaban J connectivity index is 2.03. The summed E-state index contributed by atoms with van der Waals surface area (Å²) in [4.78, 5) is 25.5. The van der Waals surface area contributed by atoms with Gasteiger partial charge in [-0.25, -0.2) is 0 Å². The van der Waals surface area contributed by atoms with Crippen LogP contribution in [0.15, 0.2) is 24.3 Å². The number of ether oxygens (including phenoxy) is 1. The van der Waals surface area contributed by atoms with Gasteiger partial charge in [-0.3, -0.25) is 14.5 Å². The van der Waals surface area contributed by atoms with Crippen LogP contribution in [-0.4, -0.2) is 65.4 Å². The molecule has 0 saturated carbocycles. The van der Waals surface area contributed by atoms with E-state index in [0.717, 1.165) is 0 Å². The maximum absolute atomic E-state index is 12.1. The van der Waals surface area contributed by atoms with Crippen LogP contribution in [0.3, 0.4) is 0 Å². The summed E-state index contributed by atoms with van der Waals surface area (Å²) in [7, 11) is 0. The van der Waals surface area contributed by atoms with Crippen molar-refractivity contribution in [1.29, 1.82) is 0 Å². The van der Waals surface area contributed by atoms with Gasteiger partial charge in [0.15, 0.2) is 0 Å². The number of rotatable bonds is 5. The molecule has 2 atom stereocenters. The molecule has 0 bridgehead atoms. The van der Waals surface area contributed by atoms with Gasteiger partial charge in [-0.2, -0.15) is 0 Å². The van der Waals surface area contributed by atoms with Crippen LogP contribution in [0.5, 0.6) is 5.75 Å². The number of carboxylic acids is 1. The molecule has 1 heterocycles. The van der Waals surface area contributed by atoms with E-state index in [2.05, 4.69) is 5.32 Å². The van der Waals surface area contributed by atoms with Gasteiger partial charge in [-0.15, -0.1) is 0 Å². The predicted molar refractivity (Wildman–Crippen MR) is 78.9 cm³/mol. The zero-order valence-corrected chi connectivity index (χ0v) is 12.4. The zero-order valence-electron chi connectivity index (χ0n) is 12.4. The zero-order chi connectivity index (χ0) is 16.1. The standard InChI is InChI=1S/C15H20N2O5/c1-10(13(15(20)21)17-6-8-22-9-7-17)16-14(19)11-2-4-12(18)5-3-11/h2-5,10,13,18H,6-9H2,1H3,(H,16,19)(H,20,21). The van der Waals surface area contributed by atoms with Crippen molar-refractivity contribution in [1.82, 2.24) is 10.2 Å². The van der Waals surface area contributed by atoms with E-state index in [4.69, 9.17) is 4.74 Å². The van der Waals surface area contributed by atoms with Gasteiger partial charge >= 0.3 is 5.97 Å². The second-order valence-electron chi connectivity index (χ2n) is 5.24. The van der Waals surface area contributed by atoms with E-state index in [0.29, 0.717) is 31.9 Å². The van der Waals surface area contributed by atoms with Crippen molar-refractivity contribution in [2.24, 2.45) is 0 Å². The van der Waals surface area contributed by atoms with Crippen LogP contribution in [0.1, 0.15) is 17.3 Å². The molecule has 3 N–H and O–H groups in total. The molecule has 1 saturated heterocycles. The molecule has 1 aliphatic heterocycles. The lowest BCUT2D eigenvalue weighted by atomic mass is 10.1. The fraction of sp³-hybridized carbons (Fsp3) is 0.467. The van der Waals surface area contributed by atoms with Gasteiger partial charge in [0.1, 0.15) is 11.8 Å². The molecular weight excluding hydrogens is 288 g/mol. The third-order valence-corrected chi connectivity index (χ3v) is 3.65. The van der Waals surface area contributed by atoms with Crippen molar-refractivity contribution in [3.63, 3.8) is 0 Å². The maximum Gasteiger partial charge on any atom is 0.323 e. The monoisotopic (exact) mass is 308 g/mol.